The van der Waals surface area contributed by atoms with Crippen LogP contribution in [-0.2, 0) is 11.3 Å². The molecule has 0 bridgehead atoms. The van der Waals surface area contributed by atoms with E-state index in [4.69, 9.17) is 10.8 Å². The van der Waals surface area contributed by atoms with Gasteiger partial charge in [0, 0.05) is 11.9 Å². The topological polar surface area (TPSA) is 81.1 Å². The van der Waals surface area contributed by atoms with Gasteiger partial charge in [-0.25, -0.2) is 9.78 Å². The van der Waals surface area contributed by atoms with Crippen molar-refractivity contribution in [2.45, 2.75) is 38.0 Å². The molecular weight excluding hydrogens is 251 g/mol. The minimum Gasteiger partial charge on any atom is -0.480 e. The first-order valence-corrected chi connectivity index (χ1v) is 5.18. The Morgan fingerprint density at radius 3 is 2.50 bits per heavy atom. The maximum Gasteiger partial charge on any atom is 0.418 e. The van der Waals surface area contributed by atoms with Gasteiger partial charge < -0.3 is 15.4 Å². The monoisotopic (exact) mass is 265 g/mol. The van der Waals surface area contributed by atoms with Crippen molar-refractivity contribution >= 4 is 5.97 Å². The number of rotatable bonds is 4. The number of imidazole rings is 1. The SMILES string of the molecule is CC(C)c1cncn1CC(N)(C(=O)O)C(F)(F)F. The van der Waals surface area contributed by atoms with Crippen LogP contribution in [0.1, 0.15) is 25.5 Å². The largest absolute Gasteiger partial charge is 0.480 e. The smallest absolute Gasteiger partial charge is 0.418 e. The number of carboxylic acid groups (broad SMARTS) is 1. The van der Waals surface area contributed by atoms with E-state index in [2.05, 4.69) is 4.98 Å². The van der Waals surface area contributed by atoms with E-state index in [1.54, 1.807) is 13.8 Å². The van der Waals surface area contributed by atoms with Crippen LogP contribution in [0.2, 0.25) is 0 Å². The highest BCUT2D eigenvalue weighted by molar-refractivity contribution is 5.79. The highest BCUT2D eigenvalue weighted by Gasteiger charge is 2.58. The molecule has 3 N–H and O–H groups in total. The molecule has 1 aromatic heterocycles. The maximum atomic E-state index is 12.7. The molecule has 0 saturated carbocycles. The van der Waals surface area contributed by atoms with E-state index in [1.807, 2.05) is 0 Å². The van der Waals surface area contributed by atoms with Crippen LogP contribution >= 0.6 is 0 Å². The lowest BCUT2D eigenvalue weighted by Crippen LogP contribution is -2.62. The first kappa shape index (κ1) is 14.5. The highest BCUT2D eigenvalue weighted by atomic mass is 19.4. The van der Waals surface area contributed by atoms with Crippen molar-refractivity contribution in [3.8, 4) is 0 Å². The molecule has 102 valence electrons. The van der Waals surface area contributed by atoms with Gasteiger partial charge in [-0.3, -0.25) is 0 Å². The van der Waals surface area contributed by atoms with Gasteiger partial charge in [0.1, 0.15) is 0 Å². The number of aliphatic carboxylic acids is 1. The van der Waals surface area contributed by atoms with E-state index < -0.39 is 24.2 Å². The van der Waals surface area contributed by atoms with Gasteiger partial charge in [0.25, 0.3) is 0 Å². The first-order chi connectivity index (χ1) is 8.09. The standard InChI is InChI=1S/C10H14F3N3O2/c1-6(2)7-3-15-5-16(7)4-9(14,8(17)18)10(11,12)13/h3,5-6H,4,14H2,1-2H3,(H,17,18). The summed E-state index contributed by atoms with van der Waals surface area (Å²) in [6, 6.07) is 0. The number of hydrogen-bond acceptors (Lipinski definition) is 3. The van der Waals surface area contributed by atoms with E-state index in [9.17, 15) is 18.0 Å². The molecule has 0 aromatic carbocycles. The highest BCUT2D eigenvalue weighted by Crippen LogP contribution is 2.31. The third-order valence-corrected chi connectivity index (χ3v) is 2.64. The van der Waals surface area contributed by atoms with Gasteiger partial charge in [-0.05, 0) is 5.92 Å². The number of alkyl halides is 3. The molecule has 18 heavy (non-hydrogen) atoms. The zero-order chi connectivity index (χ0) is 14.1. The van der Waals surface area contributed by atoms with Crippen LogP contribution in [-0.4, -0.2) is 32.3 Å². The van der Waals surface area contributed by atoms with Gasteiger partial charge in [-0.1, -0.05) is 13.8 Å². The number of carbonyl (C=O) groups is 1. The minimum absolute atomic E-state index is 0.0845. The molecule has 0 amide bonds. The molecule has 0 fully saturated rings. The second kappa shape index (κ2) is 4.60. The molecule has 8 heteroatoms. The average molecular weight is 265 g/mol. The Bertz CT molecular complexity index is 442. The van der Waals surface area contributed by atoms with Crippen molar-refractivity contribution in [3.63, 3.8) is 0 Å². The van der Waals surface area contributed by atoms with Crippen LogP contribution in [0.3, 0.4) is 0 Å². The number of aromatic nitrogens is 2. The second-order valence-corrected chi connectivity index (χ2v) is 4.38. The van der Waals surface area contributed by atoms with Crippen LogP contribution < -0.4 is 5.73 Å². The fraction of sp³-hybridized carbons (Fsp3) is 0.600. The van der Waals surface area contributed by atoms with Crippen molar-refractivity contribution in [3.05, 3.63) is 18.2 Å². The lowest BCUT2D eigenvalue weighted by Gasteiger charge is -2.28. The quantitative estimate of drug-likeness (QED) is 0.861. The zero-order valence-corrected chi connectivity index (χ0v) is 9.90. The van der Waals surface area contributed by atoms with Crippen LogP contribution in [0, 0.1) is 0 Å². The molecule has 0 spiro atoms. The summed E-state index contributed by atoms with van der Waals surface area (Å²) in [6.45, 7) is 2.62. The van der Waals surface area contributed by atoms with E-state index in [1.165, 1.54) is 6.20 Å². The summed E-state index contributed by atoms with van der Waals surface area (Å²) < 4.78 is 39.3. The molecular formula is C10H14F3N3O2. The summed E-state index contributed by atoms with van der Waals surface area (Å²) in [5.74, 6) is -2.20. The van der Waals surface area contributed by atoms with Crippen LogP contribution in [0.4, 0.5) is 13.2 Å². The number of halogens is 3. The summed E-state index contributed by atoms with van der Waals surface area (Å²) in [5, 5.41) is 8.72. The maximum absolute atomic E-state index is 12.7. The Morgan fingerprint density at radius 2 is 2.11 bits per heavy atom. The molecule has 0 aliphatic carbocycles. The van der Waals surface area contributed by atoms with E-state index in [0.29, 0.717) is 5.69 Å². The normalized spacial score (nSPS) is 15.7. The van der Waals surface area contributed by atoms with Gasteiger partial charge in [-0.15, -0.1) is 0 Å². The third-order valence-electron chi connectivity index (χ3n) is 2.64. The summed E-state index contributed by atoms with van der Waals surface area (Å²) in [6.07, 6.45) is -2.51. The molecule has 0 saturated heterocycles. The molecule has 0 aliphatic heterocycles. The van der Waals surface area contributed by atoms with Crippen LogP contribution in [0.25, 0.3) is 0 Å². The lowest BCUT2D eigenvalue weighted by atomic mass is 10.00. The Morgan fingerprint density at radius 1 is 1.56 bits per heavy atom. The number of carboxylic acids is 1. The third kappa shape index (κ3) is 2.47. The number of nitrogens with two attached hydrogens (primary N) is 1. The molecule has 1 aromatic rings. The number of hydrogen-bond donors (Lipinski definition) is 2. The molecule has 1 rings (SSSR count). The Balaban J connectivity index is 3.13. The molecule has 1 heterocycles. The van der Waals surface area contributed by atoms with E-state index >= 15 is 0 Å². The van der Waals surface area contributed by atoms with E-state index in [-0.39, 0.29) is 5.92 Å². The lowest BCUT2D eigenvalue weighted by molar-refractivity contribution is -0.204. The summed E-state index contributed by atoms with van der Waals surface area (Å²) in [4.78, 5) is 14.5. The Labute approximate surface area is 101 Å². The Kier molecular flexibility index (Phi) is 3.70. The van der Waals surface area contributed by atoms with Gasteiger partial charge in [0.2, 0.25) is 5.54 Å². The molecule has 1 atom stereocenters. The summed E-state index contributed by atoms with van der Waals surface area (Å²) >= 11 is 0. The van der Waals surface area contributed by atoms with Gasteiger partial charge in [-0.2, -0.15) is 13.2 Å². The molecule has 0 radical (unpaired) electrons. The predicted octanol–water partition coefficient (Wildman–Crippen LogP) is 1.35. The fourth-order valence-electron chi connectivity index (χ4n) is 1.49. The zero-order valence-electron chi connectivity index (χ0n) is 9.90. The minimum atomic E-state index is -5.04. The molecule has 0 aliphatic rings. The van der Waals surface area contributed by atoms with Crippen molar-refractivity contribution in [1.82, 2.24) is 9.55 Å². The van der Waals surface area contributed by atoms with Crippen molar-refractivity contribution in [2.75, 3.05) is 0 Å². The van der Waals surface area contributed by atoms with Crippen molar-refractivity contribution < 1.29 is 23.1 Å². The van der Waals surface area contributed by atoms with Crippen molar-refractivity contribution in [2.24, 2.45) is 5.73 Å². The fourth-order valence-corrected chi connectivity index (χ4v) is 1.49. The molecule has 5 nitrogen and oxygen atoms in total. The van der Waals surface area contributed by atoms with E-state index in [0.717, 1.165) is 10.9 Å². The summed E-state index contributed by atoms with van der Waals surface area (Å²) in [7, 11) is 0. The van der Waals surface area contributed by atoms with Gasteiger partial charge in [0.05, 0.1) is 12.9 Å². The van der Waals surface area contributed by atoms with Gasteiger partial charge in [0.15, 0.2) is 0 Å². The summed E-state index contributed by atoms with van der Waals surface area (Å²) in [5.41, 5.74) is 2.18. The predicted molar refractivity (Wildman–Crippen MR) is 56.9 cm³/mol. The van der Waals surface area contributed by atoms with Gasteiger partial charge >= 0.3 is 12.1 Å². The number of nitrogens with zero attached hydrogens (tertiary/aromatic N) is 2. The van der Waals surface area contributed by atoms with Crippen molar-refractivity contribution in [1.29, 1.82) is 0 Å². The second-order valence-electron chi connectivity index (χ2n) is 4.38. The van der Waals surface area contributed by atoms with Crippen LogP contribution in [0.5, 0.6) is 0 Å². The first-order valence-electron chi connectivity index (χ1n) is 5.18. The Hall–Kier alpha value is -1.57. The molecule has 1 unspecified atom stereocenters. The van der Waals surface area contributed by atoms with Crippen LogP contribution in [0.15, 0.2) is 12.5 Å². The average Bonchev–Trinajstić information content (AvgIpc) is 2.63.